The lowest BCUT2D eigenvalue weighted by Gasteiger charge is -2.07. The molecular formula is C18H16N2O5. The minimum absolute atomic E-state index is 0.269. The molecule has 2 aromatic carbocycles. The highest BCUT2D eigenvalue weighted by Crippen LogP contribution is 2.20. The van der Waals surface area contributed by atoms with Crippen LogP contribution in [-0.4, -0.2) is 30.2 Å². The Morgan fingerprint density at radius 3 is 2.64 bits per heavy atom. The van der Waals surface area contributed by atoms with Crippen LogP contribution >= 0.6 is 0 Å². The third-order valence-corrected chi connectivity index (χ3v) is 3.34. The molecule has 7 nitrogen and oxygen atoms in total. The second-order valence-corrected chi connectivity index (χ2v) is 5.33. The van der Waals surface area contributed by atoms with Gasteiger partial charge in [-0.25, -0.2) is 4.79 Å². The van der Waals surface area contributed by atoms with Crippen molar-refractivity contribution in [1.29, 1.82) is 0 Å². The van der Waals surface area contributed by atoms with Crippen molar-refractivity contribution in [2.75, 3.05) is 18.5 Å². The van der Waals surface area contributed by atoms with Crippen molar-refractivity contribution in [1.82, 2.24) is 5.16 Å². The van der Waals surface area contributed by atoms with Crippen molar-refractivity contribution >= 4 is 28.5 Å². The summed E-state index contributed by atoms with van der Waals surface area (Å²) in [5.74, 6) is 0.243. The van der Waals surface area contributed by atoms with E-state index in [0.717, 1.165) is 10.8 Å². The summed E-state index contributed by atoms with van der Waals surface area (Å²) in [6.07, 6.45) is 0. The molecule has 0 unspecified atom stereocenters. The predicted octanol–water partition coefficient (Wildman–Crippen LogP) is 2.70. The van der Waals surface area contributed by atoms with Crippen LogP contribution in [0.4, 0.5) is 5.82 Å². The molecule has 3 aromatic rings. The number of nitrogens with one attached hydrogen (secondary N) is 1. The van der Waals surface area contributed by atoms with Crippen molar-refractivity contribution in [3.05, 3.63) is 54.3 Å². The summed E-state index contributed by atoms with van der Waals surface area (Å²) in [6.45, 7) is 0.993. The van der Waals surface area contributed by atoms with Crippen LogP contribution in [0.5, 0.6) is 5.75 Å². The molecule has 0 bridgehead atoms. The quantitative estimate of drug-likeness (QED) is 0.694. The van der Waals surface area contributed by atoms with Gasteiger partial charge < -0.3 is 19.3 Å². The van der Waals surface area contributed by atoms with Gasteiger partial charge in [0.2, 0.25) is 0 Å². The first-order valence-electron chi connectivity index (χ1n) is 7.60. The molecule has 1 heterocycles. The Morgan fingerprint density at radius 2 is 1.88 bits per heavy atom. The Kier molecular flexibility index (Phi) is 4.94. The third-order valence-electron chi connectivity index (χ3n) is 3.34. The molecule has 0 radical (unpaired) electrons. The first kappa shape index (κ1) is 16.5. The number of aryl methyl sites for hydroxylation is 1. The molecule has 0 aliphatic rings. The molecule has 128 valence electrons. The van der Waals surface area contributed by atoms with Gasteiger partial charge in [0.05, 0.1) is 0 Å². The summed E-state index contributed by atoms with van der Waals surface area (Å²) in [7, 11) is 0. The van der Waals surface area contributed by atoms with E-state index in [-0.39, 0.29) is 12.4 Å². The Morgan fingerprint density at radius 1 is 1.08 bits per heavy atom. The number of amides is 1. The third kappa shape index (κ3) is 4.57. The van der Waals surface area contributed by atoms with E-state index in [1.807, 2.05) is 36.4 Å². The summed E-state index contributed by atoms with van der Waals surface area (Å²) >= 11 is 0. The van der Waals surface area contributed by atoms with Crippen LogP contribution in [0.3, 0.4) is 0 Å². The maximum absolute atomic E-state index is 11.7. The minimum atomic E-state index is -0.639. The highest BCUT2D eigenvalue weighted by atomic mass is 16.6. The number of nitrogens with zero attached hydrogens (tertiary/aromatic N) is 1. The molecule has 0 aliphatic heterocycles. The molecule has 0 atom stereocenters. The largest absolute Gasteiger partial charge is 0.482 e. The van der Waals surface area contributed by atoms with Gasteiger partial charge >= 0.3 is 5.97 Å². The maximum atomic E-state index is 11.7. The summed E-state index contributed by atoms with van der Waals surface area (Å²) < 4.78 is 15.1. The summed E-state index contributed by atoms with van der Waals surface area (Å²) in [6, 6.07) is 14.9. The number of hydrogen-bond acceptors (Lipinski definition) is 6. The SMILES string of the molecule is Cc1cc(NC(=O)COC(=O)COc2ccc3ccccc3c2)no1. The number of fused-ring (bicyclic) bond motifs is 1. The number of benzene rings is 2. The number of hydrogen-bond donors (Lipinski definition) is 1. The molecule has 0 saturated heterocycles. The van der Waals surface area contributed by atoms with Crippen LogP contribution < -0.4 is 10.1 Å². The fourth-order valence-corrected chi connectivity index (χ4v) is 2.19. The first-order chi connectivity index (χ1) is 12.1. The van der Waals surface area contributed by atoms with Gasteiger partial charge in [0.15, 0.2) is 19.0 Å². The summed E-state index contributed by atoms with van der Waals surface area (Å²) in [5, 5.41) is 8.15. The molecule has 1 aromatic heterocycles. The molecule has 0 saturated carbocycles. The molecular weight excluding hydrogens is 324 g/mol. The van der Waals surface area contributed by atoms with E-state index in [2.05, 4.69) is 10.5 Å². The summed E-state index contributed by atoms with van der Waals surface area (Å²) in [4.78, 5) is 23.3. The topological polar surface area (TPSA) is 90.7 Å². The molecule has 0 spiro atoms. The second kappa shape index (κ2) is 7.48. The zero-order valence-electron chi connectivity index (χ0n) is 13.5. The fourth-order valence-electron chi connectivity index (χ4n) is 2.19. The van der Waals surface area contributed by atoms with Crippen LogP contribution in [0.2, 0.25) is 0 Å². The smallest absolute Gasteiger partial charge is 0.344 e. The number of aromatic nitrogens is 1. The van der Waals surface area contributed by atoms with E-state index in [0.29, 0.717) is 11.5 Å². The van der Waals surface area contributed by atoms with E-state index >= 15 is 0 Å². The number of ether oxygens (including phenoxy) is 2. The zero-order valence-corrected chi connectivity index (χ0v) is 13.5. The van der Waals surface area contributed by atoms with Gasteiger partial charge in [0.1, 0.15) is 11.5 Å². The molecule has 1 amide bonds. The van der Waals surface area contributed by atoms with Gasteiger partial charge in [-0.05, 0) is 29.8 Å². The average Bonchev–Trinajstić information content (AvgIpc) is 3.02. The van der Waals surface area contributed by atoms with Gasteiger partial charge in [-0.15, -0.1) is 0 Å². The number of carbonyl (C=O) groups excluding carboxylic acids is 2. The second-order valence-electron chi connectivity index (χ2n) is 5.33. The fraction of sp³-hybridized carbons (Fsp3) is 0.167. The number of carbonyl (C=O) groups is 2. The molecule has 0 aliphatic carbocycles. The Balaban J connectivity index is 1.44. The van der Waals surface area contributed by atoms with Gasteiger partial charge in [-0.1, -0.05) is 35.5 Å². The van der Waals surface area contributed by atoms with Crippen molar-refractivity contribution in [3.63, 3.8) is 0 Å². The lowest BCUT2D eigenvalue weighted by Crippen LogP contribution is -2.23. The van der Waals surface area contributed by atoms with E-state index < -0.39 is 18.5 Å². The van der Waals surface area contributed by atoms with E-state index in [1.54, 1.807) is 19.1 Å². The first-order valence-corrected chi connectivity index (χ1v) is 7.60. The van der Waals surface area contributed by atoms with Crippen LogP contribution in [0, 0.1) is 6.92 Å². The van der Waals surface area contributed by atoms with Gasteiger partial charge in [-0.2, -0.15) is 0 Å². The normalized spacial score (nSPS) is 10.4. The van der Waals surface area contributed by atoms with E-state index in [4.69, 9.17) is 14.0 Å². The predicted molar refractivity (Wildman–Crippen MR) is 90.3 cm³/mol. The van der Waals surface area contributed by atoms with Crippen molar-refractivity contribution in [2.24, 2.45) is 0 Å². The monoisotopic (exact) mass is 340 g/mol. The Labute approximate surface area is 143 Å². The Bertz CT molecular complexity index is 903. The number of esters is 1. The van der Waals surface area contributed by atoms with Crippen LogP contribution in [-0.2, 0) is 14.3 Å². The maximum Gasteiger partial charge on any atom is 0.344 e. The van der Waals surface area contributed by atoms with Crippen LogP contribution in [0.1, 0.15) is 5.76 Å². The standard InChI is InChI=1S/C18H16N2O5/c1-12-8-16(20-25-12)19-17(21)10-24-18(22)11-23-15-7-6-13-4-2-3-5-14(13)9-15/h2-9H,10-11H2,1H3,(H,19,20,21). The molecule has 1 N–H and O–H groups in total. The lowest BCUT2D eigenvalue weighted by atomic mass is 10.1. The van der Waals surface area contributed by atoms with Crippen LogP contribution in [0.25, 0.3) is 10.8 Å². The van der Waals surface area contributed by atoms with E-state index in [1.165, 1.54) is 0 Å². The molecule has 3 rings (SSSR count). The van der Waals surface area contributed by atoms with Gasteiger partial charge in [-0.3, -0.25) is 4.79 Å². The number of rotatable bonds is 6. The minimum Gasteiger partial charge on any atom is -0.482 e. The van der Waals surface area contributed by atoms with Crippen molar-refractivity contribution in [3.8, 4) is 5.75 Å². The van der Waals surface area contributed by atoms with Crippen molar-refractivity contribution < 1.29 is 23.6 Å². The molecule has 0 fully saturated rings. The molecule has 7 heteroatoms. The van der Waals surface area contributed by atoms with Crippen LogP contribution in [0.15, 0.2) is 53.1 Å². The molecule has 25 heavy (non-hydrogen) atoms. The Hall–Kier alpha value is -3.35. The zero-order chi connectivity index (χ0) is 17.6. The highest BCUT2D eigenvalue weighted by molar-refractivity contribution is 5.92. The lowest BCUT2D eigenvalue weighted by molar-refractivity contribution is -0.149. The number of anilines is 1. The van der Waals surface area contributed by atoms with Gasteiger partial charge in [0.25, 0.3) is 5.91 Å². The van der Waals surface area contributed by atoms with E-state index in [9.17, 15) is 9.59 Å². The van der Waals surface area contributed by atoms with Crippen molar-refractivity contribution in [2.45, 2.75) is 6.92 Å². The summed E-state index contributed by atoms with van der Waals surface area (Å²) in [5.41, 5.74) is 0. The highest BCUT2D eigenvalue weighted by Gasteiger charge is 2.10. The average molecular weight is 340 g/mol. The van der Waals surface area contributed by atoms with Gasteiger partial charge in [0, 0.05) is 6.07 Å².